The van der Waals surface area contributed by atoms with E-state index in [1.54, 1.807) is 6.20 Å². The summed E-state index contributed by atoms with van der Waals surface area (Å²) in [5.74, 6) is 0.419. The lowest BCUT2D eigenvalue weighted by Crippen LogP contribution is -1.84. The molecule has 0 aliphatic heterocycles. The Morgan fingerprint density at radius 1 is 1.70 bits per heavy atom. The quantitative estimate of drug-likeness (QED) is 0.618. The van der Waals surface area contributed by atoms with Gasteiger partial charge in [-0.2, -0.15) is 9.64 Å². The maximum atomic E-state index is 8.57. The smallest absolute Gasteiger partial charge is 0.102 e. The minimum Gasteiger partial charge on any atom is -0.199 e. The van der Waals surface area contributed by atoms with Gasteiger partial charge in [-0.15, -0.1) is 0 Å². The zero-order valence-electron chi connectivity index (χ0n) is 5.96. The molecule has 0 aliphatic carbocycles. The fourth-order valence-electron chi connectivity index (χ4n) is 0.749. The molecule has 2 nitrogen and oxygen atoms in total. The fraction of sp³-hybridized carbons (Fsp3) is 0.429. The highest BCUT2D eigenvalue weighted by atomic mass is 32.1. The van der Waals surface area contributed by atoms with Crippen molar-refractivity contribution in [1.82, 2.24) is 4.37 Å². The van der Waals surface area contributed by atoms with E-state index >= 15 is 0 Å². The van der Waals surface area contributed by atoms with Gasteiger partial charge in [-0.1, -0.05) is 13.8 Å². The van der Waals surface area contributed by atoms with Gasteiger partial charge in [0.15, 0.2) is 0 Å². The summed E-state index contributed by atoms with van der Waals surface area (Å²) in [5.41, 5.74) is 0.722. The topological polar surface area (TPSA) is 36.7 Å². The van der Waals surface area contributed by atoms with Gasteiger partial charge in [0.05, 0.1) is 11.8 Å². The molecule has 0 atom stereocenters. The molecular formula is C7H8N2S. The fourth-order valence-corrected chi connectivity index (χ4v) is 1.43. The van der Waals surface area contributed by atoms with Crippen LogP contribution in [0.15, 0.2) is 6.20 Å². The second-order valence-electron chi connectivity index (χ2n) is 2.37. The van der Waals surface area contributed by atoms with Crippen LogP contribution in [-0.4, -0.2) is 4.37 Å². The van der Waals surface area contributed by atoms with Crippen molar-refractivity contribution in [3.05, 3.63) is 16.6 Å². The summed E-state index contributed by atoms with van der Waals surface area (Å²) >= 11 is 1.41. The Morgan fingerprint density at radius 2 is 2.40 bits per heavy atom. The van der Waals surface area contributed by atoms with Gasteiger partial charge < -0.3 is 0 Å². The number of hydrogen-bond acceptors (Lipinski definition) is 3. The minimum atomic E-state index is 0.419. The molecule has 0 spiro atoms. The first-order chi connectivity index (χ1) is 4.75. The molecule has 0 amide bonds. The van der Waals surface area contributed by atoms with Gasteiger partial charge >= 0.3 is 0 Å². The molecule has 1 aromatic heterocycles. The predicted octanol–water partition coefficient (Wildman–Crippen LogP) is 2.14. The molecule has 0 radical (unpaired) electrons. The lowest BCUT2D eigenvalue weighted by molar-refractivity contribution is 0.886. The van der Waals surface area contributed by atoms with Crippen molar-refractivity contribution in [3.63, 3.8) is 0 Å². The molecule has 0 unspecified atom stereocenters. The average Bonchev–Trinajstić information content (AvgIpc) is 2.33. The zero-order chi connectivity index (χ0) is 7.56. The number of aromatic nitrogens is 1. The second kappa shape index (κ2) is 2.80. The van der Waals surface area contributed by atoms with Gasteiger partial charge in [0, 0.05) is 4.88 Å². The molecular weight excluding hydrogens is 144 g/mol. The Bertz CT molecular complexity index is 257. The van der Waals surface area contributed by atoms with Crippen LogP contribution in [-0.2, 0) is 0 Å². The minimum absolute atomic E-state index is 0.419. The van der Waals surface area contributed by atoms with Gasteiger partial charge in [-0.05, 0) is 17.5 Å². The van der Waals surface area contributed by atoms with Crippen LogP contribution in [0.2, 0.25) is 0 Å². The molecule has 0 N–H and O–H groups in total. The van der Waals surface area contributed by atoms with E-state index in [9.17, 15) is 0 Å². The molecule has 1 aromatic rings. The highest BCUT2D eigenvalue weighted by Gasteiger charge is 2.07. The largest absolute Gasteiger partial charge is 0.199 e. The summed E-state index contributed by atoms with van der Waals surface area (Å²) in [5, 5.41) is 8.57. The number of nitrogens with zero attached hydrogens (tertiary/aromatic N) is 2. The van der Waals surface area contributed by atoms with E-state index in [2.05, 4.69) is 24.3 Å². The monoisotopic (exact) mass is 152 g/mol. The van der Waals surface area contributed by atoms with Gasteiger partial charge in [0.1, 0.15) is 6.07 Å². The van der Waals surface area contributed by atoms with Crippen molar-refractivity contribution in [3.8, 4) is 6.07 Å². The van der Waals surface area contributed by atoms with Gasteiger partial charge in [-0.25, -0.2) is 0 Å². The van der Waals surface area contributed by atoms with E-state index in [0.717, 1.165) is 10.4 Å². The van der Waals surface area contributed by atoms with Crippen LogP contribution in [0.4, 0.5) is 0 Å². The summed E-state index contributed by atoms with van der Waals surface area (Å²) in [4.78, 5) is 1.09. The van der Waals surface area contributed by atoms with Crippen molar-refractivity contribution < 1.29 is 0 Å². The van der Waals surface area contributed by atoms with Gasteiger partial charge in [0.25, 0.3) is 0 Å². The molecule has 10 heavy (non-hydrogen) atoms. The molecule has 0 aliphatic rings. The van der Waals surface area contributed by atoms with Crippen molar-refractivity contribution in [1.29, 1.82) is 5.26 Å². The van der Waals surface area contributed by atoms with Crippen molar-refractivity contribution in [2.45, 2.75) is 19.8 Å². The third-order valence-electron chi connectivity index (χ3n) is 1.24. The lowest BCUT2D eigenvalue weighted by Gasteiger charge is -1.97. The molecule has 1 rings (SSSR count). The van der Waals surface area contributed by atoms with E-state index < -0.39 is 0 Å². The predicted molar refractivity (Wildman–Crippen MR) is 40.9 cm³/mol. The number of nitriles is 1. The van der Waals surface area contributed by atoms with Crippen LogP contribution >= 0.6 is 11.5 Å². The Hall–Kier alpha value is -0.880. The number of rotatable bonds is 1. The SMILES string of the molecule is CC(C)c1sncc1C#N. The summed E-state index contributed by atoms with van der Waals surface area (Å²) < 4.78 is 3.93. The summed E-state index contributed by atoms with van der Waals surface area (Å²) in [6, 6.07) is 2.10. The molecule has 0 bridgehead atoms. The first-order valence-corrected chi connectivity index (χ1v) is 3.87. The molecule has 52 valence electrons. The summed E-state index contributed by atoms with van der Waals surface area (Å²) in [6.07, 6.45) is 1.62. The van der Waals surface area contributed by atoms with Crippen LogP contribution in [0.3, 0.4) is 0 Å². The molecule has 0 aromatic carbocycles. The Morgan fingerprint density at radius 3 is 2.80 bits per heavy atom. The van der Waals surface area contributed by atoms with Crippen LogP contribution in [0, 0.1) is 11.3 Å². The van der Waals surface area contributed by atoms with Gasteiger partial charge in [0.2, 0.25) is 0 Å². The first kappa shape index (κ1) is 7.23. The van der Waals surface area contributed by atoms with E-state index in [4.69, 9.17) is 5.26 Å². The second-order valence-corrected chi connectivity index (χ2v) is 3.20. The molecule has 0 saturated heterocycles. The van der Waals surface area contributed by atoms with Crippen LogP contribution in [0.5, 0.6) is 0 Å². The molecule has 1 heterocycles. The lowest BCUT2D eigenvalue weighted by atomic mass is 10.1. The molecule has 3 heteroatoms. The van der Waals surface area contributed by atoms with E-state index in [1.165, 1.54) is 11.5 Å². The molecule has 0 saturated carbocycles. The van der Waals surface area contributed by atoms with Crippen LogP contribution in [0.25, 0.3) is 0 Å². The van der Waals surface area contributed by atoms with Crippen molar-refractivity contribution in [2.24, 2.45) is 0 Å². The first-order valence-electron chi connectivity index (χ1n) is 3.10. The molecule has 0 fully saturated rings. The standard InChI is InChI=1S/C7H8N2S/c1-5(2)7-6(3-8)4-9-10-7/h4-5H,1-2H3. The average molecular weight is 152 g/mol. The maximum Gasteiger partial charge on any atom is 0.102 e. The van der Waals surface area contributed by atoms with E-state index in [1.807, 2.05) is 0 Å². The van der Waals surface area contributed by atoms with Gasteiger partial charge in [-0.3, -0.25) is 0 Å². The van der Waals surface area contributed by atoms with E-state index in [-0.39, 0.29) is 0 Å². The number of hydrogen-bond donors (Lipinski definition) is 0. The zero-order valence-corrected chi connectivity index (χ0v) is 6.77. The Labute approximate surface area is 64.3 Å². The summed E-state index contributed by atoms with van der Waals surface area (Å²) in [6.45, 7) is 4.13. The summed E-state index contributed by atoms with van der Waals surface area (Å²) in [7, 11) is 0. The normalized spacial score (nSPS) is 9.80. The third kappa shape index (κ3) is 1.17. The highest BCUT2D eigenvalue weighted by molar-refractivity contribution is 7.06. The third-order valence-corrected chi connectivity index (χ3v) is 2.34. The van der Waals surface area contributed by atoms with Crippen molar-refractivity contribution in [2.75, 3.05) is 0 Å². The van der Waals surface area contributed by atoms with Crippen LogP contribution < -0.4 is 0 Å². The highest BCUT2D eigenvalue weighted by Crippen LogP contribution is 2.21. The van der Waals surface area contributed by atoms with E-state index in [0.29, 0.717) is 5.92 Å². The maximum absolute atomic E-state index is 8.57. The Kier molecular flexibility index (Phi) is 2.03. The van der Waals surface area contributed by atoms with Crippen molar-refractivity contribution >= 4 is 11.5 Å². The van der Waals surface area contributed by atoms with Crippen LogP contribution in [0.1, 0.15) is 30.2 Å². The Balaban J connectivity index is 3.05.